The number of aromatic nitrogens is 2. The number of rotatable bonds is 2. The second-order valence-electron chi connectivity index (χ2n) is 3.47. The molecule has 1 aliphatic rings. The molecular formula is C9H18Cl2N4. The van der Waals surface area contributed by atoms with Gasteiger partial charge in [-0.1, -0.05) is 0 Å². The lowest BCUT2D eigenvalue weighted by Gasteiger charge is -2.26. The van der Waals surface area contributed by atoms with E-state index in [-0.39, 0.29) is 24.8 Å². The highest BCUT2D eigenvalue weighted by Crippen LogP contribution is 2.03. The Labute approximate surface area is 103 Å². The summed E-state index contributed by atoms with van der Waals surface area (Å²) in [5.41, 5.74) is 1.29. The minimum atomic E-state index is 0. The summed E-state index contributed by atoms with van der Waals surface area (Å²) in [6.07, 6.45) is 1.86. The predicted octanol–water partition coefficient (Wildman–Crippen LogP) is 0.669. The van der Waals surface area contributed by atoms with Crippen molar-refractivity contribution in [3.63, 3.8) is 0 Å². The van der Waals surface area contributed by atoms with Gasteiger partial charge in [0.05, 0.1) is 5.69 Å². The van der Waals surface area contributed by atoms with E-state index in [0.29, 0.717) is 0 Å². The van der Waals surface area contributed by atoms with E-state index in [4.69, 9.17) is 0 Å². The van der Waals surface area contributed by atoms with E-state index >= 15 is 0 Å². The molecule has 0 bridgehead atoms. The summed E-state index contributed by atoms with van der Waals surface area (Å²) in [5.74, 6) is 0. The van der Waals surface area contributed by atoms with Crippen LogP contribution in [0.15, 0.2) is 12.3 Å². The van der Waals surface area contributed by atoms with Gasteiger partial charge in [0.2, 0.25) is 0 Å². The summed E-state index contributed by atoms with van der Waals surface area (Å²) in [7, 11) is 2.00. The SMILES string of the molecule is Cl.Cl.Cn1nccc1CN1CCNCC1. The maximum absolute atomic E-state index is 4.16. The quantitative estimate of drug-likeness (QED) is 0.841. The Morgan fingerprint density at radius 2 is 2.00 bits per heavy atom. The molecule has 15 heavy (non-hydrogen) atoms. The normalized spacial score (nSPS) is 16.6. The zero-order valence-corrected chi connectivity index (χ0v) is 10.5. The van der Waals surface area contributed by atoms with Gasteiger partial charge in [-0.2, -0.15) is 5.10 Å². The third kappa shape index (κ3) is 3.99. The topological polar surface area (TPSA) is 33.1 Å². The van der Waals surface area contributed by atoms with Crippen molar-refractivity contribution in [1.29, 1.82) is 0 Å². The molecule has 1 aromatic rings. The van der Waals surface area contributed by atoms with E-state index < -0.39 is 0 Å². The summed E-state index contributed by atoms with van der Waals surface area (Å²) >= 11 is 0. The lowest BCUT2D eigenvalue weighted by atomic mass is 10.3. The van der Waals surface area contributed by atoms with Crippen LogP contribution in [-0.4, -0.2) is 40.9 Å². The molecule has 0 saturated carbocycles. The van der Waals surface area contributed by atoms with Crippen molar-refractivity contribution in [2.75, 3.05) is 26.2 Å². The van der Waals surface area contributed by atoms with Crippen molar-refractivity contribution in [3.05, 3.63) is 18.0 Å². The maximum Gasteiger partial charge on any atom is 0.0521 e. The number of hydrogen-bond acceptors (Lipinski definition) is 3. The zero-order valence-electron chi connectivity index (χ0n) is 8.85. The van der Waals surface area contributed by atoms with E-state index in [0.717, 1.165) is 32.7 Å². The van der Waals surface area contributed by atoms with Crippen LogP contribution in [0.2, 0.25) is 0 Å². The molecule has 0 atom stereocenters. The van der Waals surface area contributed by atoms with Gasteiger partial charge in [-0.15, -0.1) is 24.8 Å². The van der Waals surface area contributed by atoms with Crippen molar-refractivity contribution >= 4 is 24.8 Å². The number of nitrogens with zero attached hydrogens (tertiary/aromatic N) is 3. The number of nitrogens with one attached hydrogen (secondary N) is 1. The second-order valence-corrected chi connectivity index (χ2v) is 3.47. The molecule has 2 heterocycles. The minimum Gasteiger partial charge on any atom is -0.314 e. The van der Waals surface area contributed by atoms with E-state index in [1.54, 1.807) is 0 Å². The molecule has 0 aliphatic carbocycles. The molecule has 4 nitrogen and oxygen atoms in total. The fourth-order valence-corrected chi connectivity index (χ4v) is 1.65. The van der Waals surface area contributed by atoms with Gasteiger partial charge in [0.15, 0.2) is 0 Å². The molecule has 0 unspecified atom stereocenters. The first-order chi connectivity index (χ1) is 6.36. The first-order valence-corrected chi connectivity index (χ1v) is 4.76. The average Bonchev–Trinajstić information content (AvgIpc) is 2.54. The molecule has 0 aromatic carbocycles. The van der Waals surface area contributed by atoms with Crippen molar-refractivity contribution in [2.24, 2.45) is 7.05 Å². The highest BCUT2D eigenvalue weighted by molar-refractivity contribution is 5.85. The molecular weight excluding hydrogens is 235 g/mol. The Hall–Kier alpha value is -0.290. The van der Waals surface area contributed by atoms with E-state index in [2.05, 4.69) is 21.4 Å². The predicted molar refractivity (Wildman–Crippen MR) is 65.9 cm³/mol. The molecule has 0 amide bonds. The van der Waals surface area contributed by atoms with E-state index in [9.17, 15) is 0 Å². The summed E-state index contributed by atoms with van der Waals surface area (Å²) < 4.78 is 1.95. The van der Waals surface area contributed by atoms with E-state index in [1.165, 1.54) is 5.69 Å². The van der Waals surface area contributed by atoms with Gasteiger partial charge in [0, 0.05) is 46.0 Å². The molecule has 1 aliphatic heterocycles. The Morgan fingerprint density at radius 3 is 2.53 bits per heavy atom. The van der Waals surface area contributed by atoms with Crippen LogP contribution in [0.5, 0.6) is 0 Å². The number of hydrogen-bond donors (Lipinski definition) is 1. The molecule has 1 N–H and O–H groups in total. The first-order valence-electron chi connectivity index (χ1n) is 4.76. The van der Waals surface area contributed by atoms with Crippen LogP contribution in [0.4, 0.5) is 0 Å². The van der Waals surface area contributed by atoms with Crippen molar-refractivity contribution in [1.82, 2.24) is 20.0 Å². The monoisotopic (exact) mass is 252 g/mol. The standard InChI is InChI=1S/C9H16N4.2ClH/c1-12-9(2-3-11-12)8-13-6-4-10-5-7-13;;/h2-3,10H,4-8H2,1H3;2*1H. The molecule has 1 aromatic heterocycles. The Kier molecular flexibility index (Phi) is 6.92. The van der Waals surface area contributed by atoms with Gasteiger partial charge in [0.25, 0.3) is 0 Å². The van der Waals surface area contributed by atoms with Crippen LogP contribution in [-0.2, 0) is 13.6 Å². The maximum atomic E-state index is 4.16. The number of halogens is 2. The van der Waals surface area contributed by atoms with Gasteiger partial charge >= 0.3 is 0 Å². The van der Waals surface area contributed by atoms with Crippen LogP contribution in [0.1, 0.15) is 5.69 Å². The summed E-state index contributed by atoms with van der Waals surface area (Å²) in [6.45, 7) is 5.53. The lowest BCUT2D eigenvalue weighted by molar-refractivity contribution is 0.228. The molecule has 1 fully saturated rings. The summed E-state index contributed by atoms with van der Waals surface area (Å²) in [5, 5.41) is 7.50. The Balaban J connectivity index is 0.000000980. The smallest absolute Gasteiger partial charge is 0.0521 e. The third-order valence-corrected chi connectivity index (χ3v) is 2.52. The van der Waals surface area contributed by atoms with Crippen molar-refractivity contribution in [3.8, 4) is 0 Å². The second kappa shape index (κ2) is 7.06. The van der Waals surface area contributed by atoms with E-state index in [1.807, 2.05) is 17.9 Å². The van der Waals surface area contributed by atoms with Crippen LogP contribution in [0.25, 0.3) is 0 Å². The first kappa shape index (κ1) is 14.7. The molecule has 1 saturated heterocycles. The van der Waals surface area contributed by atoms with Crippen molar-refractivity contribution < 1.29 is 0 Å². The van der Waals surface area contributed by atoms with Crippen LogP contribution < -0.4 is 5.32 Å². The number of aryl methyl sites for hydroxylation is 1. The van der Waals surface area contributed by atoms with Crippen LogP contribution in [0, 0.1) is 0 Å². The molecule has 6 heteroatoms. The fourth-order valence-electron chi connectivity index (χ4n) is 1.65. The third-order valence-electron chi connectivity index (χ3n) is 2.52. The molecule has 0 radical (unpaired) electrons. The Morgan fingerprint density at radius 1 is 1.33 bits per heavy atom. The minimum absolute atomic E-state index is 0. The zero-order chi connectivity index (χ0) is 9.10. The summed E-state index contributed by atoms with van der Waals surface area (Å²) in [6, 6.07) is 2.09. The molecule has 0 spiro atoms. The van der Waals surface area contributed by atoms with Gasteiger partial charge in [-0.3, -0.25) is 9.58 Å². The van der Waals surface area contributed by atoms with Crippen LogP contribution >= 0.6 is 24.8 Å². The van der Waals surface area contributed by atoms with Gasteiger partial charge in [-0.05, 0) is 6.07 Å². The van der Waals surface area contributed by atoms with Gasteiger partial charge in [-0.25, -0.2) is 0 Å². The molecule has 2 rings (SSSR count). The highest BCUT2D eigenvalue weighted by atomic mass is 35.5. The molecule has 88 valence electrons. The largest absolute Gasteiger partial charge is 0.314 e. The van der Waals surface area contributed by atoms with Crippen molar-refractivity contribution in [2.45, 2.75) is 6.54 Å². The number of piperazine rings is 1. The lowest BCUT2D eigenvalue weighted by Crippen LogP contribution is -2.43. The van der Waals surface area contributed by atoms with Gasteiger partial charge < -0.3 is 5.32 Å². The average molecular weight is 253 g/mol. The summed E-state index contributed by atoms with van der Waals surface area (Å²) in [4.78, 5) is 2.45. The fraction of sp³-hybridized carbons (Fsp3) is 0.667. The highest BCUT2D eigenvalue weighted by Gasteiger charge is 2.10. The Bertz CT molecular complexity index is 271. The van der Waals surface area contributed by atoms with Gasteiger partial charge in [0.1, 0.15) is 0 Å². The van der Waals surface area contributed by atoms with Crippen LogP contribution in [0.3, 0.4) is 0 Å².